The maximum Gasteiger partial charge on any atom is 0.306 e. The molecular weight excluding hydrogens is 1020 g/mol. The SMILES string of the molecule is CC/C=C\C/C=C\C/C=C\C/C=C\C/C=C\CCCCCC(=O)OC(COC(=O)CCCCCCCCCCC/C=C\C/C=C\CCCCC)COC(=O)CCCCCCCCCCCCCCCCCCCCCCCCCCCCC. The van der Waals surface area contributed by atoms with Crippen LogP contribution in [0.2, 0.25) is 0 Å². The molecule has 83 heavy (non-hydrogen) atoms. The first-order valence-electron chi connectivity index (χ1n) is 36.1. The molecule has 0 aromatic rings. The summed E-state index contributed by atoms with van der Waals surface area (Å²) in [5.41, 5.74) is 0. The van der Waals surface area contributed by atoms with Crippen molar-refractivity contribution in [2.24, 2.45) is 0 Å². The summed E-state index contributed by atoms with van der Waals surface area (Å²) in [6, 6.07) is 0. The predicted octanol–water partition coefficient (Wildman–Crippen LogP) is 25.0. The molecule has 6 heteroatoms. The van der Waals surface area contributed by atoms with Gasteiger partial charge in [0.1, 0.15) is 13.2 Å². The molecule has 0 aromatic heterocycles. The van der Waals surface area contributed by atoms with Crippen LogP contribution in [0.15, 0.2) is 85.1 Å². The van der Waals surface area contributed by atoms with Crippen LogP contribution in [0.3, 0.4) is 0 Å². The first kappa shape index (κ1) is 79.6. The Morgan fingerprint density at radius 3 is 0.771 bits per heavy atom. The molecule has 0 rings (SSSR count). The van der Waals surface area contributed by atoms with Crippen molar-refractivity contribution in [2.75, 3.05) is 13.2 Å². The Bertz CT molecular complexity index is 1570. The van der Waals surface area contributed by atoms with Crippen molar-refractivity contribution in [1.82, 2.24) is 0 Å². The molecule has 0 aliphatic rings. The average molecular weight is 1160 g/mol. The zero-order chi connectivity index (χ0) is 59.9. The van der Waals surface area contributed by atoms with Gasteiger partial charge in [-0.3, -0.25) is 14.4 Å². The maximum absolute atomic E-state index is 12.9. The van der Waals surface area contributed by atoms with E-state index in [-0.39, 0.29) is 31.1 Å². The molecule has 0 heterocycles. The quantitative estimate of drug-likeness (QED) is 0.0261. The summed E-state index contributed by atoms with van der Waals surface area (Å²) in [7, 11) is 0. The first-order valence-corrected chi connectivity index (χ1v) is 36.1. The Labute approximate surface area is 515 Å². The number of hydrogen-bond donors (Lipinski definition) is 0. The standard InChI is InChI=1S/C77H136O6/c1-4-7-10-13-16-19-22-25-28-31-34-35-36-37-38-39-40-41-44-46-49-52-55-58-61-64-67-70-76(79)82-73-74(83-77(80)71-68-65-62-59-56-53-50-47-43-33-30-27-24-21-18-15-12-9-6-3)72-81-75(78)69-66-63-60-57-54-51-48-45-42-32-29-26-23-20-17-14-11-8-5-2/h9,12,17-18,20-21,26-27,29-30,43,47,53,56,74H,4-8,10-11,13-16,19,22-25,28,31-42,44-46,48-52,54-55,57-73H2,1-3H3/b12-9-,20-17-,21-18-,29-26-,30-27-,47-43-,56-53-. The van der Waals surface area contributed by atoms with E-state index in [1.54, 1.807) is 0 Å². The fourth-order valence-electron chi connectivity index (χ4n) is 10.5. The summed E-state index contributed by atoms with van der Waals surface area (Å²) in [5, 5.41) is 0. The molecule has 0 saturated carbocycles. The predicted molar refractivity (Wildman–Crippen MR) is 362 cm³/mol. The van der Waals surface area contributed by atoms with Crippen LogP contribution in [0.25, 0.3) is 0 Å². The van der Waals surface area contributed by atoms with Gasteiger partial charge >= 0.3 is 17.9 Å². The van der Waals surface area contributed by atoms with Gasteiger partial charge < -0.3 is 14.2 Å². The largest absolute Gasteiger partial charge is 0.462 e. The minimum absolute atomic E-state index is 0.0883. The van der Waals surface area contributed by atoms with E-state index in [0.717, 1.165) is 103 Å². The molecule has 0 saturated heterocycles. The fourth-order valence-corrected chi connectivity index (χ4v) is 10.5. The van der Waals surface area contributed by atoms with Crippen LogP contribution in [0.1, 0.15) is 367 Å². The fraction of sp³-hybridized carbons (Fsp3) is 0.779. The van der Waals surface area contributed by atoms with Crippen LogP contribution in [0.5, 0.6) is 0 Å². The molecule has 6 nitrogen and oxygen atoms in total. The lowest BCUT2D eigenvalue weighted by atomic mass is 10.0. The monoisotopic (exact) mass is 1160 g/mol. The van der Waals surface area contributed by atoms with Crippen molar-refractivity contribution in [1.29, 1.82) is 0 Å². The molecule has 480 valence electrons. The van der Waals surface area contributed by atoms with Gasteiger partial charge in [-0.15, -0.1) is 0 Å². The second-order valence-corrected chi connectivity index (χ2v) is 24.1. The summed E-state index contributed by atoms with van der Waals surface area (Å²) < 4.78 is 17.0. The van der Waals surface area contributed by atoms with Crippen molar-refractivity contribution >= 4 is 17.9 Å². The van der Waals surface area contributed by atoms with Gasteiger partial charge in [-0.1, -0.05) is 337 Å². The number of ether oxygens (including phenoxy) is 3. The van der Waals surface area contributed by atoms with E-state index in [0.29, 0.717) is 19.3 Å². The van der Waals surface area contributed by atoms with Crippen LogP contribution in [-0.4, -0.2) is 37.2 Å². The number of rotatable bonds is 66. The van der Waals surface area contributed by atoms with Crippen molar-refractivity contribution < 1.29 is 28.6 Å². The minimum atomic E-state index is -0.797. The molecular formula is C77H136O6. The van der Waals surface area contributed by atoms with Gasteiger partial charge in [-0.2, -0.15) is 0 Å². The third-order valence-electron chi connectivity index (χ3n) is 15.9. The van der Waals surface area contributed by atoms with Gasteiger partial charge in [-0.25, -0.2) is 0 Å². The summed E-state index contributed by atoms with van der Waals surface area (Å²) in [6.07, 6.45) is 94.7. The lowest BCUT2D eigenvalue weighted by Gasteiger charge is -2.18. The molecule has 0 aromatic carbocycles. The summed E-state index contributed by atoms with van der Waals surface area (Å²) >= 11 is 0. The highest BCUT2D eigenvalue weighted by atomic mass is 16.6. The minimum Gasteiger partial charge on any atom is -0.462 e. The summed E-state index contributed by atoms with van der Waals surface area (Å²) in [4.78, 5) is 38.5. The zero-order valence-electron chi connectivity index (χ0n) is 55.2. The highest BCUT2D eigenvalue weighted by Gasteiger charge is 2.19. The Balaban J connectivity index is 4.34. The Kier molecular flexibility index (Phi) is 68.2. The Morgan fingerprint density at radius 2 is 0.470 bits per heavy atom. The third kappa shape index (κ3) is 69.3. The maximum atomic E-state index is 12.9. The van der Waals surface area contributed by atoms with E-state index in [4.69, 9.17) is 14.2 Å². The van der Waals surface area contributed by atoms with Crippen LogP contribution >= 0.6 is 0 Å². The molecule has 0 aliphatic carbocycles. The van der Waals surface area contributed by atoms with Gasteiger partial charge in [0.2, 0.25) is 0 Å². The van der Waals surface area contributed by atoms with Crippen molar-refractivity contribution in [3.63, 3.8) is 0 Å². The molecule has 0 radical (unpaired) electrons. The highest BCUT2D eigenvalue weighted by molar-refractivity contribution is 5.71. The van der Waals surface area contributed by atoms with E-state index >= 15 is 0 Å². The normalized spacial score (nSPS) is 12.6. The first-order chi connectivity index (χ1) is 41.0. The summed E-state index contributed by atoms with van der Waals surface area (Å²) in [5.74, 6) is -0.905. The molecule has 0 N–H and O–H groups in total. The number of hydrogen-bond acceptors (Lipinski definition) is 6. The number of unbranched alkanes of at least 4 members (excludes halogenated alkanes) is 41. The van der Waals surface area contributed by atoms with Crippen LogP contribution in [0, 0.1) is 0 Å². The average Bonchev–Trinajstić information content (AvgIpc) is 3.50. The molecule has 0 fully saturated rings. The Morgan fingerprint density at radius 1 is 0.253 bits per heavy atom. The van der Waals surface area contributed by atoms with E-state index in [1.807, 2.05) is 0 Å². The second-order valence-electron chi connectivity index (χ2n) is 24.1. The van der Waals surface area contributed by atoms with Crippen LogP contribution < -0.4 is 0 Å². The lowest BCUT2D eigenvalue weighted by Crippen LogP contribution is -2.30. The molecule has 0 aliphatic heterocycles. The highest BCUT2D eigenvalue weighted by Crippen LogP contribution is 2.18. The second kappa shape index (κ2) is 71.1. The van der Waals surface area contributed by atoms with Crippen molar-refractivity contribution in [3.8, 4) is 0 Å². The summed E-state index contributed by atoms with van der Waals surface area (Å²) in [6.45, 7) is 6.53. The van der Waals surface area contributed by atoms with Gasteiger partial charge in [0.15, 0.2) is 6.10 Å². The number of esters is 3. The molecule has 1 atom stereocenters. The molecule has 0 bridgehead atoms. The van der Waals surface area contributed by atoms with Gasteiger partial charge in [0, 0.05) is 19.3 Å². The van der Waals surface area contributed by atoms with Crippen molar-refractivity contribution in [2.45, 2.75) is 374 Å². The molecule has 1 unspecified atom stereocenters. The number of allylic oxidation sites excluding steroid dienone is 14. The molecule has 0 spiro atoms. The van der Waals surface area contributed by atoms with E-state index < -0.39 is 6.10 Å². The van der Waals surface area contributed by atoms with Gasteiger partial charge in [0.25, 0.3) is 0 Å². The number of carbonyl (C=O) groups excluding carboxylic acids is 3. The third-order valence-corrected chi connectivity index (χ3v) is 15.9. The van der Waals surface area contributed by atoms with Gasteiger partial charge in [0.05, 0.1) is 0 Å². The van der Waals surface area contributed by atoms with E-state index in [9.17, 15) is 14.4 Å². The topological polar surface area (TPSA) is 78.9 Å². The van der Waals surface area contributed by atoms with Crippen LogP contribution in [0.4, 0.5) is 0 Å². The zero-order valence-corrected chi connectivity index (χ0v) is 55.2. The van der Waals surface area contributed by atoms with Gasteiger partial charge in [-0.05, 0) is 96.3 Å². The molecule has 0 amide bonds. The Hall–Kier alpha value is -3.41. The van der Waals surface area contributed by atoms with E-state index in [2.05, 4.69) is 106 Å². The lowest BCUT2D eigenvalue weighted by molar-refractivity contribution is -0.167. The number of carbonyl (C=O) groups is 3. The van der Waals surface area contributed by atoms with Crippen LogP contribution in [-0.2, 0) is 28.6 Å². The smallest absolute Gasteiger partial charge is 0.306 e. The van der Waals surface area contributed by atoms with Crippen molar-refractivity contribution in [3.05, 3.63) is 85.1 Å². The van der Waals surface area contributed by atoms with E-state index in [1.165, 1.54) is 225 Å².